The zero-order valence-electron chi connectivity index (χ0n) is 10.8. The third-order valence-corrected chi connectivity index (χ3v) is 2.53. The molecular weight excluding hydrogens is 258 g/mol. The molecule has 20 heavy (non-hydrogen) atoms. The highest BCUT2D eigenvalue weighted by Gasteiger charge is 2.03. The van der Waals surface area contributed by atoms with Crippen LogP contribution in [-0.4, -0.2) is 29.3 Å². The Bertz CT molecular complexity index is 627. The van der Waals surface area contributed by atoms with Gasteiger partial charge in [-0.2, -0.15) is 5.10 Å². The lowest BCUT2D eigenvalue weighted by atomic mass is 10.2. The van der Waals surface area contributed by atoms with E-state index in [0.29, 0.717) is 16.9 Å². The summed E-state index contributed by atoms with van der Waals surface area (Å²) in [6.07, 6.45) is 4.52. The van der Waals surface area contributed by atoms with E-state index in [1.807, 2.05) is 0 Å². The van der Waals surface area contributed by atoms with Crippen molar-refractivity contribution >= 4 is 12.1 Å². The average molecular weight is 271 g/mol. The van der Waals surface area contributed by atoms with Crippen LogP contribution in [-0.2, 0) is 0 Å². The Balaban J connectivity index is 2.02. The summed E-state index contributed by atoms with van der Waals surface area (Å²) >= 11 is 0. The van der Waals surface area contributed by atoms with Gasteiger partial charge in [-0.15, -0.1) is 0 Å². The number of aromatic hydroxyl groups is 1. The highest BCUT2D eigenvalue weighted by Crippen LogP contribution is 2.25. The number of nitrogens with one attached hydrogen (secondary N) is 1. The number of ether oxygens (including phenoxy) is 1. The Morgan fingerprint density at radius 1 is 1.35 bits per heavy atom. The molecule has 1 amide bonds. The van der Waals surface area contributed by atoms with E-state index in [1.54, 1.807) is 24.3 Å². The molecule has 2 N–H and O–H groups in total. The van der Waals surface area contributed by atoms with Gasteiger partial charge in [0.25, 0.3) is 5.91 Å². The van der Waals surface area contributed by atoms with Crippen molar-refractivity contribution < 1.29 is 14.6 Å². The van der Waals surface area contributed by atoms with Crippen molar-refractivity contribution in [3.8, 4) is 11.5 Å². The molecule has 0 fully saturated rings. The number of aromatic nitrogens is 1. The summed E-state index contributed by atoms with van der Waals surface area (Å²) in [5.74, 6) is 0.0641. The van der Waals surface area contributed by atoms with Gasteiger partial charge in [-0.05, 0) is 35.9 Å². The predicted molar refractivity (Wildman–Crippen MR) is 74.0 cm³/mol. The number of carbonyl (C=O) groups is 1. The summed E-state index contributed by atoms with van der Waals surface area (Å²) in [5, 5.41) is 13.3. The topological polar surface area (TPSA) is 83.8 Å². The van der Waals surface area contributed by atoms with Crippen LogP contribution in [0, 0.1) is 0 Å². The molecule has 0 saturated carbocycles. The maximum absolute atomic E-state index is 11.7. The fourth-order valence-corrected chi connectivity index (χ4v) is 1.51. The molecule has 2 rings (SSSR count). The summed E-state index contributed by atoms with van der Waals surface area (Å²) in [6.45, 7) is 0. The van der Waals surface area contributed by atoms with E-state index in [1.165, 1.54) is 31.8 Å². The van der Waals surface area contributed by atoms with Crippen LogP contribution in [0.5, 0.6) is 11.5 Å². The van der Waals surface area contributed by atoms with E-state index in [0.717, 1.165) is 0 Å². The molecule has 102 valence electrons. The van der Waals surface area contributed by atoms with Crippen LogP contribution in [0.2, 0.25) is 0 Å². The lowest BCUT2D eigenvalue weighted by molar-refractivity contribution is 0.0955. The van der Waals surface area contributed by atoms with Gasteiger partial charge >= 0.3 is 0 Å². The second-order valence-corrected chi connectivity index (χ2v) is 3.87. The van der Waals surface area contributed by atoms with Crippen LogP contribution < -0.4 is 10.2 Å². The summed E-state index contributed by atoms with van der Waals surface area (Å²) in [7, 11) is 1.46. The van der Waals surface area contributed by atoms with E-state index < -0.39 is 0 Å². The van der Waals surface area contributed by atoms with E-state index in [9.17, 15) is 9.90 Å². The third kappa shape index (κ3) is 3.32. The highest BCUT2D eigenvalue weighted by atomic mass is 16.5. The summed E-state index contributed by atoms with van der Waals surface area (Å²) in [6, 6.07) is 7.94. The lowest BCUT2D eigenvalue weighted by Crippen LogP contribution is -2.17. The Hall–Kier alpha value is -2.89. The first kappa shape index (κ1) is 13.5. The van der Waals surface area contributed by atoms with Gasteiger partial charge in [0.05, 0.1) is 13.3 Å². The van der Waals surface area contributed by atoms with Crippen LogP contribution in [0.3, 0.4) is 0 Å². The van der Waals surface area contributed by atoms with Crippen LogP contribution in [0.1, 0.15) is 15.9 Å². The second-order valence-electron chi connectivity index (χ2n) is 3.87. The molecule has 0 saturated heterocycles. The minimum absolute atomic E-state index is 0.0467. The lowest BCUT2D eigenvalue weighted by Gasteiger charge is -2.03. The number of carbonyl (C=O) groups excluding carboxylic acids is 1. The smallest absolute Gasteiger partial charge is 0.271 e. The fraction of sp³-hybridized carbons (Fsp3) is 0.0714. The zero-order chi connectivity index (χ0) is 14.4. The van der Waals surface area contributed by atoms with Crippen molar-refractivity contribution in [3.05, 3.63) is 53.9 Å². The standard InChI is InChI=1S/C14H13N3O3/c1-20-13-8-10(2-3-12(13)18)9-16-17-14(19)11-4-6-15-7-5-11/h2-9,18H,1H3,(H,17,19)/b16-9-. The maximum Gasteiger partial charge on any atom is 0.271 e. The van der Waals surface area contributed by atoms with Gasteiger partial charge in [-0.1, -0.05) is 0 Å². The molecule has 0 radical (unpaired) electrons. The van der Waals surface area contributed by atoms with Crippen molar-refractivity contribution in [1.29, 1.82) is 0 Å². The number of methoxy groups -OCH3 is 1. The number of phenols is 1. The Kier molecular flexibility index (Phi) is 4.28. The number of hydrogen-bond donors (Lipinski definition) is 2. The summed E-state index contributed by atoms with van der Waals surface area (Å²) in [5.41, 5.74) is 3.56. The number of hydrogen-bond acceptors (Lipinski definition) is 5. The second kappa shape index (κ2) is 6.33. The SMILES string of the molecule is COc1cc(/C=N\NC(=O)c2ccncc2)ccc1O. The Morgan fingerprint density at radius 3 is 2.80 bits per heavy atom. The first-order valence-electron chi connectivity index (χ1n) is 5.81. The molecule has 0 aliphatic rings. The van der Waals surface area contributed by atoms with Gasteiger partial charge in [0.15, 0.2) is 11.5 Å². The first-order chi connectivity index (χ1) is 9.70. The van der Waals surface area contributed by atoms with Crippen LogP contribution in [0.25, 0.3) is 0 Å². The number of nitrogens with zero attached hydrogens (tertiary/aromatic N) is 2. The van der Waals surface area contributed by atoms with Crippen molar-refractivity contribution in [2.45, 2.75) is 0 Å². The van der Waals surface area contributed by atoms with Crippen molar-refractivity contribution in [2.24, 2.45) is 5.10 Å². The number of pyridine rings is 1. The summed E-state index contributed by atoms with van der Waals surface area (Å²) in [4.78, 5) is 15.5. The Morgan fingerprint density at radius 2 is 2.10 bits per heavy atom. The summed E-state index contributed by atoms with van der Waals surface area (Å²) < 4.78 is 4.98. The zero-order valence-corrected chi connectivity index (χ0v) is 10.8. The van der Waals surface area contributed by atoms with Gasteiger partial charge in [0.1, 0.15) is 0 Å². The van der Waals surface area contributed by atoms with Crippen molar-refractivity contribution in [2.75, 3.05) is 7.11 Å². The predicted octanol–water partition coefficient (Wildman–Crippen LogP) is 1.56. The molecule has 0 bridgehead atoms. The number of hydrazone groups is 1. The van der Waals surface area contributed by atoms with E-state index >= 15 is 0 Å². The minimum atomic E-state index is -0.325. The quantitative estimate of drug-likeness (QED) is 0.653. The monoisotopic (exact) mass is 271 g/mol. The molecule has 1 aromatic heterocycles. The van der Waals surface area contributed by atoms with Crippen LogP contribution in [0.4, 0.5) is 0 Å². The number of amides is 1. The van der Waals surface area contributed by atoms with Gasteiger partial charge in [-0.25, -0.2) is 5.43 Å². The normalized spacial score (nSPS) is 10.4. The maximum atomic E-state index is 11.7. The van der Waals surface area contributed by atoms with E-state index in [4.69, 9.17) is 4.74 Å². The Labute approximate surface area is 115 Å². The molecule has 1 aromatic carbocycles. The first-order valence-corrected chi connectivity index (χ1v) is 5.81. The van der Waals surface area contributed by atoms with E-state index in [-0.39, 0.29) is 11.7 Å². The van der Waals surface area contributed by atoms with Gasteiger partial charge in [0, 0.05) is 18.0 Å². The molecule has 6 heteroatoms. The molecule has 0 spiro atoms. The average Bonchev–Trinajstić information content (AvgIpc) is 2.49. The number of phenolic OH excluding ortho intramolecular Hbond substituents is 1. The molecular formula is C14H13N3O3. The fourth-order valence-electron chi connectivity index (χ4n) is 1.51. The van der Waals surface area contributed by atoms with Gasteiger partial charge < -0.3 is 9.84 Å². The molecule has 0 unspecified atom stereocenters. The molecule has 0 atom stereocenters. The molecule has 1 heterocycles. The van der Waals surface area contributed by atoms with E-state index in [2.05, 4.69) is 15.5 Å². The highest BCUT2D eigenvalue weighted by molar-refractivity contribution is 5.94. The van der Waals surface area contributed by atoms with Crippen molar-refractivity contribution in [3.63, 3.8) is 0 Å². The molecule has 2 aromatic rings. The molecule has 0 aliphatic carbocycles. The largest absolute Gasteiger partial charge is 0.504 e. The van der Waals surface area contributed by atoms with Gasteiger partial charge in [0.2, 0.25) is 0 Å². The molecule has 6 nitrogen and oxygen atoms in total. The molecule has 0 aliphatic heterocycles. The van der Waals surface area contributed by atoms with Gasteiger partial charge in [-0.3, -0.25) is 9.78 Å². The number of rotatable bonds is 4. The number of benzene rings is 1. The van der Waals surface area contributed by atoms with Crippen LogP contribution >= 0.6 is 0 Å². The minimum Gasteiger partial charge on any atom is -0.504 e. The third-order valence-electron chi connectivity index (χ3n) is 2.53. The van der Waals surface area contributed by atoms with Crippen LogP contribution in [0.15, 0.2) is 47.8 Å². The van der Waals surface area contributed by atoms with Crippen molar-refractivity contribution in [1.82, 2.24) is 10.4 Å².